The van der Waals surface area contributed by atoms with Crippen molar-refractivity contribution in [3.63, 3.8) is 0 Å². The summed E-state index contributed by atoms with van der Waals surface area (Å²) >= 11 is 0. The molecule has 0 amide bonds. The van der Waals surface area contributed by atoms with Crippen LogP contribution < -0.4 is 21.3 Å². The Hall–Kier alpha value is -4.06. The first-order valence-corrected chi connectivity index (χ1v) is 12.6. The molecule has 12 nitrogen and oxygen atoms in total. The summed E-state index contributed by atoms with van der Waals surface area (Å²) in [5, 5.41) is 22.3. The van der Waals surface area contributed by atoms with Crippen molar-refractivity contribution in [2.45, 2.75) is 12.4 Å². The number of anilines is 4. The molecule has 0 unspecified atom stereocenters. The first-order chi connectivity index (χ1) is 19.4. The van der Waals surface area contributed by atoms with E-state index in [2.05, 4.69) is 4.90 Å². The highest BCUT2D eigenvalue weighted by Gasteiger charge is 2.39. The number of hydrogen-bond acceptors (Lipinski definition) is 10. The number of piperazine rings is 2. The van der Waals surface area contributed by atoms with Gasteiger partial charge in [-0.15, -0.1) is 0 Å². The number of likely N-dealkylation sites (N-methyl/N-ethyl adjacent to an activating group) is 2. The quantitative estimate of drug-likeness (QED) is 0.226. The van der Waals surface area contributed by atoms with Gasteiger partial charge in [0, 0.05) is 64.5 Å². The monoisotopic (exact) mass is 608 g/mol. The van der Waals surface area contributed by atoms with Crippen LogP contribution in [0.5, 0.6) is 0 Å². The molecule has 0 saturated carbocycles. The average Bonchev–Trinajstić information content (AvgIpc) is 2.88. The molecule has 232 valence electrons. The van der Waals surface area contributed by atoms with Gasteiger partial charge in [-0.25, -0.2) is 0 Å². The molecule has 2 aliphatic heterocycles. The van der Waals surface area contributed by atoms with Gasteiger partial charge in [-0.3, -0.25) is 20.2 Å². The van der Waals surface area contributed by atoms with E-state index in [1.54, 1.807) is 0 Å². The lowest BCUT2D eigenvalue weighted by atomic mass is 10.1. The summed E-state index contributed by atoms with van der Waals surface area (Å²) in [4.78, 5) is 27.7. The van der Waals surface area contributed by atoms with Gasteiger partial charge in [0.25, 0.3) is 11.4 Å². The van der Waals surface area contributed by atoms with Crippen LogP contribution >= 0.6 is 0 Å². The van der Waals surface area contributed by atoms with Crippen molar-refractivity contribution in [2.75, 3.05) is 87.7 Å². The first kappa shape index (κ1) is 32.5. The van der Waals surface area contributed by atoms with E-state index in [1.807, 2.05) is 23.9 Å². The number of hydrogen-bond donors (Lipinski definition) is 2. The number of alkyl halides is 6. The van der Waals surface area contributed by atoms with E-state index >= 15 is 0 Å². The summed E-state index contributed by atoms with van der Waals surface area (Å²) in [5.74, 6) is 0. The molecule has 0 atom stereocenters. The SMILES string of the molecule is CN1CCN(c2c(N)cc(C(F)(F)F)cc2N)CC1.CN1CCN(c2c([N+](=O)[O-])cc(C(F)(F)F)cc2[N+](=O)[O-])CC1. The van der Waals surface area contributed by atoms with Crippen LogP contribution in [-0.2, 0) is 12.4 Å². The normalized spacial score (nSPS) is 17.0. The smallest absolute Gasteiger partial charge is 0.397 e. The van der Waals surface area contributed by atoms with Crippen LogP contribution in [0.15, 0.2) is 24.3 Å². The van der Waals surface area contributed by atoms with Crippen LogP contribution in [0, 0.1) is 20.2 Å². The third-order valence-corrected chi connectivity index (χ3v) is 6.93. The lowest BCUT2D eigenvalue weighted by molar-refractivity contribution is -0.393. The molecule has 2 saturated heterocycles. The molecule has 0 bridgehead atoms. The Labute approximate surface area is 236 Å². The maximum atomic E-state index is 12.8. The minimum Gasteiger partial charge on any atom is -0.397 e. The minimum absolute atomic E-state index is 0.0804. The highest BCUT2D eigenvalue weighted by molar-refractivity contribution is 5.82. The van der Waals surface area contributed by atoms with Crippen molar-refractivity contribution in [3.05, 3.63) is 55.6 Å². The number of rotatable bonds is 4. The van der Waals surface area contributed by atoms with E-state index in [-0.39, 0.29) is 30.2 Å². The topological polar surface area (TPSA) is 151 Å². The predicted molar refractivity (Wildman–Crippen MR) is 144 cm³/mol. The van der Waals surface area contributed by atoms with Crippen LogP contribution in [0.25, 0.3) is 0 Å². The number of nitrogens with two attached hydrogens (primary N) is 2. The van der Waals surface area contributed by atoms with Crippen LogP contribution in [0.4, 0.5) is 60.5 Å². The van der Waals surface area contributed by atoms with Crippen LogP contribution in [0.1, 0.15) is 11.1 Å². The van der Waals surface area contributed by atoms with Gasteiger partial charge in [0.05, 0.1) is 38.0 Å². The molecule has 0 aromatic heterocycles. The number of nitrogen functional groups attached to an aromatic ring is 2. The zero-order valence-electron chi connectivity index (χ0n) is 22.7. The molecule has 0 spiro atoms. The van der Waals surface area contributed by atoms with E-state index in [0.717, 1.165) is 25.2 Å². The number of nitro groups is 2. The molecule has 2 heterocycles. The Bertz CT molecular complexity index is 1250. The summed E-state index contributed by atoms with van der Waals surface area (Å²) in [6.45, 7) is 4.57. The second-order valence-corrected chi connectivity index (χ2v) is 9.96. The van der Waals surface area contributed by atoms with Crippen LogP contribution in [-0.4, -0.2) is 86.1 Å². The molecular formula is C24H30F6N8O4. The number of benzene rings is 2. The van der Waals surface area contributed by atoms with E-state index < -0.39 is 44.7 Å². The average molecular weight is 609 g/mol. The molecular weight excluding hydrogens is 578 g/mol. The standard InChI is InChI=1S/C12H13F3N4O4.C12H17F3N4/c1-16-2-4-17(5-3-16)11-9(18(20)21)6-8(12(13,14)15)7-10(11)19(22)23;1-18-2-4-19(5-3-18)11-9(16)6-8(7-10(11)17)12(13,14)15/h6-7H,2-5H2,1H3;6-7H,2-5,16-17H2,1H3. The lowest BCUT2D eigenvalue weighted by Crippen LogP contribution is -2.45. The van der Waals surface area contributed by atoms with Gasteiger partial charge >= 0.3 is 12.4 Å². The van der Waals surface area contributed by atoms with Crippen LogP contribution in [0.3, 0.4) is 0 Å². The Morgan fingerprint density at radius 1 is 0.619 bits per heavy atom. The fraction of sp³-hybridized carbons (Fsp3) is 0.500. The zero-order chi connectivity index (χ0) is 31.6. The van der Waals surface area contributed by atoms with Crippen molar-refractivity contribution in [2.24, 2.45) is 0 Å². The Morgan fingerprint density at radius 2 is 0.929 bits per heavy atom. The third-order valence-electron chi connectivity index (χ3n) is 6.93. The van der Waals surface area contributed by atoms with Gasteiger partial charge in [0.2, 0.25) is 0 Å². The molecule has 2 fully saturated rings. The van der Waals surface area contributed by atoms with Gasteiger partial charge in [-0.05, 0) is 26.2 Å². The molecule has 2 aromatic rings. The summed E-state index contributed by atoms with van der Waals surface area (Å²) < 4.78 is 76.4. The zero-order valence-corrected chi connectivity index (χ0v) is 22.7. The molecule has 2 aromatic carbocycles. The predicted octanol–water partition coefficient (Wildman–Crippen LogP) is 3.90. The Balaban J connectivity index is 0.000000235. The fourth-order valence-electron chi connectivity index (χ4n) is 4.64. The third kappa shape index (κ3) is 7.61. The van der Waals surface area contributed by atoms with Crippen LogP contribution in [0.2, 0.25) is 0 Å². The van der Waals surface area contributed by atoms with Crippen molar-refractivity contribution >= 4 is 34.1 Å². The van der Waals surface area contributed by atoms with Gasteiger partial charge in [-0.1, -0.05) is 0 Å². The number of nitro benzene ring substituents is 2. The molecule has 18 heteroatoms. The van der Waals surface area contributed by atoms with Crippen molar-refractivity contribution in [1.29, 1.82) is 0 Å². The summed E-state index contributed by atoms with van der Waals surface area (Å²) in [6.07, 6.45) is -9.33. The summed E-state index contributed by atoms with van der Waals surface area (Å²) in [6, 6.07) is 2.59. The molecule has 0 aliphatic carbocycles. The maximum absolute atomic E-state index is 12.8. The molecule has 4 N–H and O–H groups in total. The maximum Gasteiger partial charge on any atom is 0.416 e. The molecule has 42 heavy (non-hydrogen) atoms. The minimum atomic E-state index is -4.91. The van der Waals surface area contributed by atoms with Gasteiger partial charge < -0.3 is 31.1 Å². The van der Waals surface area contributed by atoms with E-state index in [0.29, 0.717) is 44.0 Å². The lowest BCUT2D eigenvalue weighted by Gasteiger charge is -2.35. The number of nitrogens with zero attached hydrogens (tertiary/aromatic N) is 6. The van der Waals surface area contributed by atoms with E-state index in [4.69, 9.17) is 11.5 Å². The van der Waals surface area contributed by atoms with Gasteiger partial charge in [0.1, 0.15) is 0 Å². The van der Waals surface area contributed by atoms with Gasteiger partial charge in [-0.2, -0.15) is 26.3 Å². The molecule has 2 aliphatic rings. The highest BCUT2D eigenvalue weighted by Crippen LogP contribution is 2.43. The van der Waals surface area contributed by atoms with Crippen molar-refractivity contribution in [3.8, 4) is 0 Å². The van der Waals surface area contributed by atoms with Crippen molar-refractivity contribution in [1.82, 2.24) is 9.80 Å². The fourth-order valence-corrected chi connectivity index (χ4v) is 4.64. The highest BCUT2D eigenvalue weighted by atomic mass is 19.4. The second-order valence-electron chi connectivity index (χ2n) is 9.96. The molecule has 0 radical (unpaired) electrons. The largest absolute Gasteiger partial charge is 0.416 e. The van der Waals surface area contributed by atoms with E-state index in [1.165, 1.54) is 4.90 Å². The summed E-state index contributed by atoms with van der Waals surface area (Å²) in [5.41, 5.74) is 7.77. The summed E-state index contributed by atoms with van der Waals surface area (Å²) in [7, 11) is 3.81. The Morgan fingerprint density at radius 3 is 1.24 bits per heavy atom. The number of halogens is 6. The van der Waals surface area contributed by atoms with E-state index in [9.17, 15) is 46.6 Å². The van der Waals surface area contributed by atoms with Gasteiger partial charge in [0.15, 0.2) is 5.69 Å². The van der Waals surface area contributed by atoms with Crippen molar-refractivity contribution < 1.29 is 36.2 Å². The second kappa shape index (κ2) is 12.4. The first-order valence-electron chi connectivity index (χ1n) is 12.6. The molecule has 4 rings (SSSR count). The Kier molecular flexibility index (Phi) is 9.61.